The van der Waals surface area contributed by atoms with Gasteiger partial charge in [-0.25, -0.2) is 12.8 Å². The zero-order chi connectivity index (χ0) is 18.2. The fourth-order valence-electron chi connectivity index (χ4n) is 2.63. The Labute approximate surface area is 146 Å². The smallest absolute Gasteiger partial charge is 0.262 e. The van der Waals surface area contributed by atoms with Crippen LogP contribution >= 0.6 is 0 Å². The number of aryl methyl sites for hydroxylation is 1. The van der Waals surface area contributed by atoms with Gasteiger partial charge in [0.25, 0.3) is 10.0 Å². The van der Waals surface area contributed by atoms with Gasteiger partial charge in [-0.2, -0.15) is 0 Å². The number of hydrogen-bond donors (Lipinski definition) is 2. The molecule has 1 aliphatic rings. The van der Waals surface area contributed by atoms with Crippen LogP contribution in [-0.2, 0) is 14.8 Å². The molecule has 2 unspecified atom stereocenters. The molecule has 7 heteroatoms. The van der Waals surface area contributed by atoms with E-state index in [-0.39, 0.29) is 22.4 Å². The maximum atomic E-state index is 13.7. The SMILES string of the molecule is Cc1ccc(NC(=O)C2CC2C)cc1S(=O)(=O)Nc1ccccc1F. The largest absolute Gasteiger partial charge is 0.326 e. The van der Waals surface area contributed by atoms with Crippen LogP contribution in [0.15, 0.2) is 47.4 Å². The highest BCUT2D eigenvalue weighted by Gasteiger charge is 2.39. The summed E-state index contributed by atoms with van der Waals surface area (Å²) in [5.74, 6) is -0.424. The third-order valence-corrected chi connectivity index (χ3v) is 5.82. The number of nitrogens with one attached hydrogen (secondary N) is 2. The summed E-state index contributed by atoms with van der Waals surface area (Å²) in [5.41, 5.74) is 0.786. The van der Waals surface area contributed by atoms with Crippen LogP contribution in [0.25, 0.3) is 0 Å². The highest BCUT2D eigenvalue weighted by Crippen LogP contribution is 2.38. The number of para-hydroxylation sites is 1. The van der Waals surface area contributed by atoms with Crippen molar-refractivity contribution in [3.05, 3.63) is 53.8 Å². The normalized spacial score (nSPS) is 19.3. The number of rotatable bonds is 5. The van der Waals surface area contributed by atoms with Crippen LogP contribution in [0.2, 0.25) is 0 Å². The van der Waals surface area contributed by atoms with Gasteiger partial charge in [0, 0.05) is 11.6 Å². The third-order valence-electron chi connectivity index (χ3n) is 4.31. The molecule has 5 nitrogen and oxygen atoms in total. The Kier molecular flexibility index (Phi) is 4.51. The molecule has 1 fully saturated rings. The molecule has 0 aliphatic heterocycles. The zero-order valence-corrected chi connectivity index (χ0v) is 14.7. The van der Waals surface area contributed by atoms with Crippen LogP contribution in [0.4, 0.5) is 15.8 Å². The predicted molar refractivity (Wildman–Crippen MR) is 94.3 cm³/mol. The van der Waals surface area contributed by atoms with Crippen molar-refractivity contribution < 1.29 is 17.6 Å². The first-order valence-corrected chi connectivity index (χ1v) is 9.45. The Morgan fingerprint density at radius 3 is 2.52 bits per heavy atom. The molecule has 2 aromatic rings. The number of carbonyl (C=O) groups excluding carboxylic acids is 1. The maximum absolute atomic E-state index is 13.7. The summed E-state index contributed by atoms with van der Waals surface area (Å²) in [6, 6.07) is 10.2. The summed E-state index contributed by atoms with van der Waals surface area (Å²) in [6.45, 7) is 3.64. The second-order valence-corrected chi connectivity index (χ2v) is 8.03. The second-order valence-electron chi connectivity index (χ2n) is 6.37. The first-order chi connectivity index (χ1) is 11.8. The van der Waals surface area contributed by atoms with E-state index in [0.717, 1.165) is 6.42 Å². The average molecular weight is 362 g/mol. The summed E-state index contributed by atoms with van der Waals surface area (Å²) < 4.78 is 41.2. The number of hydrogen-bond acceptors (Lipinski definition) is 3. The molecule has 1 aliphatic carbocycles. The highest BCUT2D eigenvalue weighted by molar-refractivity contribution is 7.92. The van der Waals surface area contributed by atoms with Crippen LogP contribution < -0.4 is 10.0 Å². The Morgan fingerprint density at radius 2 is 1.88 bits per heavy atom. The Bertz CT molecular complexity index is 928. The molecule has 2 N–H and O–H groups in total. The molecular weight excluding hydrogens is 343 g/mol. The number of carbonyl (C=O) groups is 1. The summed E-state index contributed by atoms with van der Waals surface area (Å²) in [4.78, 5) is 12.0. The summed E-state index contributed by atoms with van der Waals surface area (Å²) in [7, 11) is -3.98. The average Bonchev–Trinajstić information content (AvgIpc) is 3.28. The van der Waals surface area contributed by atoms with E-state index in [2.05, 4.69) is 10.0 Å². The van der Waals surface area contributed by atoms with Crippen LogP contribution in [0.3, 0.4) is 0 Å². The van der Waals surface area contributed by atoms with Gasteiger partial charge in [-0.15, -0.1) is 0 Å². The van der Waals surface area contributed by atoms with Crippen molar-refractivity contribution in [1.82, 2.24) is 0 Å². The molecule has 25 heavy (non-hydrogen) atoms. The van der Waals surface area contributed by atoms with Crippen molar-refractivity contribution in [2.45, 2.75) is 25.2 Å². The number of halogens is 1. The Balaban J connectivity index is 1.86. The lowest BCUT2D eigenvalue weighted by atomic mass is 10.2. The van der Waals surface area contributed by atoms with Gasteiger partial charge < -0.3 is 5.32 Å². The van der Waals surface area contributed by atoms with E-state index in [0.29, 0.717) is 17.2 Å². The number of sulfonamides is 1. The number of anilines is 2. The fourth-order valence-corrected chi connectivity index (χ4v) is 3.97. The molecule has 0 bridgehead atoms. The standard InChI is InChI=1S/C18H19FN2O3S/c1-11-7-8-13(20-18(22)14-9-12(14)2)10-17(11)25(23,24)21-16-6-4-3-5-15(16)19/h3-8,10,12,14,21H,9H2,1-2H3,(H,20,22). The van der Waals surface area contributed by atoms with Crippen LogP contribution in [0.1, 0.15) is 18.9 Å². The van der Waals surface area contributed by atoms with E-state index in [1.54, 1.807) is 25.1 Å². The van der Waals surface area contributed by atoms with Gasteiger partial charge in [-0.3, -0.25) is 9.52 Å². The van der Waals surface area contributed by atoms with Gasteiger partial charge in [0.15, 0.2) is 0 Å². The van der Waals surface area contributed by atoms with Gasteiger partial charge in [0.1, 0.15) is 5.82 Å². The van der Waals surface area contributed by atoms with E-state index < -0.39 is 15.8 Å². The van der Waals surface area contributed by atoms with E-state index in [4.69, 9.17) is 0 Å². The summed E-state index contributed by atoms with van der Waals surface area (Å²) in [5, 5.41) is 2.74. The van der Waals surface area contributed by atoms with Gasteiger partial charge in [0.05, 0.1) is 10.6 Å². The highest BCUT2D eigenvalue weighted by atomic mass is 32.2. The van der Waals surface area contributed by atoms with Crippen molar-refractivity contribution in [3.8, 4) is 0 Å². The van der Waals surface area contributed by atoms with E-state index in [9.17, 15) is 17.6 Å². The van der Waals surface area contributed by atoms with Crippen molar-refractivity contribution >= 4 is 27.3 Å². The zero-order valence-electron chi connectivity index (χ0n) is 13.9. The topological polar surface area (TPSA) is 75.3 Å². The van der Waals surface area contributed by atoms with Crippen LogP contribution in [0, 0.1) is 24.6 Å². The van der Waals surface area contributed by atoms with Crippen LogP contribution in [-0.4, -0.2) is 14.3 Å². The molecule has 132 valence electrons. The van der Waals surface area contributed by atoms with Crippen molar-refractivity contribution in [3.63, 3.8) is 0 Å². The minimum atomic E-state index is -3.98. The lowest BCUT2D eigenvalue weighted by molar-refractivity contribution is -0.117. The molecule has 2 atom stereocenters. The Morgan fingerprint density at radius 1 is 1.20 bits per heavy atom. The van der Waals surface area contributed by atoms with Crippen molar-refractivity contribution in [1.29, 1.82) is 0 Å². The summed E-state index contributed by atoms with van der Waals surface area (Å²) >= 11 is 0. The molecular formula is C18H19FN2O3S. The second kappa shape index (κ2) is 6.48. The lowest BCUT2D eigenvalue weighted by Gasteiger charge is -2.13. The van der Waals surface area contributed by atoms with Gasteiger partial charge in [-0.1, -0.05) is 25.1 Å². The summed E-state index contributed by atoms with van der Waals surface area (Å²) in [6.07, 6.45) is 0.845. The van der Waals surface area contributed by atoms with Gasteiger partial charge >= 0.3 is 0 Å². The molecule has 0 saturated heterocycles. The van der Waals surface area contributed by atoms with Crippen molar-refractivity contribution in [2.75, 3.05) is 10.0 Å². The third kappa shape index (κ3) is 3.82. The van der Waals surface area contributed by atoms with E-state index in [1.165, 1.54) is 24.3 Å². The molecule has 1 saturated carbocycles. The minimum absolute atomic E-state index is 0.00241. The van der Waals surface area contributed by atoms with Crippen molar-refractivity contribution in [2.24, 2.45) is 11.8 Å². The maximum Gasteiger partial charge on any atom is 0.262 e. The molecule has 0 aromatic heterocycles. The lowest BCUT2D eigenvalue weighted by Crippen LogP contribution is -2.17. The minimum Gasteiger partial charge on any atom is -0.326 e. The quantitative estimate of drug-likeness (QED) is 0.854. The first-order valence-electron chi connectivity index (χ1n) is 7.97. The predicted octanol–water partition coefficient (Wildman–Crippen LogP) is 3.53. The molecule has 1 amide bonds. The fraction of sp³-hybridized carbons (Fsp3) is 0.278. The number of amides is 1. The molecule has 0 heterocycles. The molecule has 3 rings (SSSR count). The molecule has 0 radical (unpaired) electrons. The Hall–Kier alpha value is -2.41. The molecule has 0 spiro atoms. The van der Waals surface area contributed by atoms with Crippen LogP contribution in [0.5, 0.6) is 0 Å². The molecule has 2 aromatic carbocycles. The van der Waals surface area contributed by atoms with Gasteiger partial charge in [0.2, 0.25) is 5.91 Å². The van der Waals surface area contributed by atoms with E-state index in [1.807, 2.05) is 6.92 Å². The first kappa shape index (κ1) is 17.4. The van der Waals surface area contributed by atoms with E-state index >= 15 is 0 Å². The monoisotopic (exact) mass is 362 g/mol. The van der Waals surface area contributed by atoms with Gasteiger partial charge in [-0.05, 0) is 49.1 Å². The number of benzene rings is 2.